The molecule has 6 heteroatoms. The summed E-state index contributed by atoms with van der Waals surface area (Å²) >= 11 is 0. The van der Waals surface area contributed by atoms with Crippen molar-refractivity contribution in [2.45, 2.75) is 51.9 Å². The third kappa shape index (κ3) is 4.19. The Morgan fingerprint density at radius 1 is 1.28 bits per heavy atom. The van der Waals surface area contributed by atoms with Crippen LogP contribution in [-0.2, 0) is 14.3 Å². The minimum atomic E-state index is -0.231. The predicted molar refractivity (Wildman–Crippen MR) is 97.7 cm³/mol. The van der Waals surface area contributed by atoms with E-state index in [1.54, 1.807) is 4.90 Å². The largest absolute Gasteiger partial charge is 0.373 e. The number of hydrogen-bond acceptors (Lipinski definition) is 4. The second kappa shape index (κ2) is 7.54. The summed E-state index contributed by atoms with van der Waals surface area (Å²) in [6.07, 6.45) is 1.74. The number of ether oxygens (including phenoxy) is 1. The Morgan fingerprint density at radius 3 is 2.64 bits per heavy atom. The van der Waals surface area contributed by atoms with Crippen LogP contribution in [0.4, 0.5) is 11.4 Å². The highest BCUT2D eigenvalue weighted by Crippen LogP contribution is 2.24. The molecule has 3 rings (SSSR count). The molecule has 0 radical (unpaired) electrons. The first-order valence-corrected chi connectivity index (χ1v) is 9.05. The van der Waals surface area contributed by atoms with Crippen molar-refractivity contribution < 1.29 is 14.3 Å². The zero-order valence-electron chi connectivity index (χ0n) is 15.2. The quantitative estimate of drug-likeness (QED) is 0.909. The van der Waals surface area contributed by atoms with Gasteiger partial charge in [-0.1, -0.05) is 6.07 Å². The smallest absolute Gasteiger partial charge is 0.241 e. The number of benzene rings is 1. The monoisotopic (exact) mass is 345 g/mol. The van der Waals surface area contributed by atoms with Crippen molar-refractivity contribution in [3.63, 3.8) is 0 Å². The zero-order valence-corrected chi connectivity index (χ0v) is 15.2. The van der Waals surface area contributed by atoms with E-state index in [1.165, 1.54) is 0 Å². The molecule has 3 atom stereocenters. The van der Waals surface area contributed by atoms with Gasteiger partial charge in [-0.2, -0.15) is 0 Å². The molecule has 6 nitrogen and oxygen atoms in total. The van der Waals surface area contributed by atoms with Gasteiger partial charge in [-0.3, -0.25) is 14.5 Å². The van der Waals surface area contributed by atoms with E-state index in [0.717, 1.165) is 37.4 Å². The highest BCUT2D eigenvalue weighted by atomic mass is 16.5. The maximum absolute atomic E-state index is 12.6. The van der Waals surface area contributed by atoms with Gasteiger partial charge in [-0.25, -0.2) is 0 Å². The molecule has 2 heterocycles. The van der Waals surface area contributed by atoms with Crippen LogP contribution in [-0.4, -0.2) is 54.6 Å². The average molecular weight is 345 g/mol. The summed E-state index contributed by atoms with van der Waals surface area (Å²) in [7, 11) is 0. The van der Waals surface area contributed by atoms with Crippen molar-refractivity contribution in [1.82, 2.24) is 4.90 Å². The second-order valence-corrected chi connectivity index (χ2v) is 7.08. The Morgan fingerprint density at radius 2 is 2.00 bits per heavy atom. The summed E-state index contributed by atoms with van der Waals surface area (Å²) in [6, 6.07) is 7.29. The molecule has 1 N–H and O–H groups in total. The molecule has 0 saturated carbocycles. The molecule has 25 heavy (non-hydrogen) atoms. The van der Waals surface area contributed by atoms with E-state index < -0.39 is 0 Å². The molecule has 0 bridgehead atoms. The topological polar surface area (TPSA) is 61.9 Å². The number of rotatable bonds is 4. The van der Waals surface area contributed by atoms with Gasteiger partial charge in [0.25, 0.3) is 0 Å². The van der Waals surface area contributed by atoms with Crippen LogP contribution >= 0.6 is 0 Å². The summed E-state index contributed by atoms with van der Waals surface area (Å²) in [4.78, 5) is 28.5. The molecule has 0 unspecified atom stereocenters. The van der Waals surface area contributed by atoms with Gasteiger partial charge in [0.15, 0.2) is 0 Å². The van der Waals surface area contributed by atoms with E-state index in [2.05, 4.69) is 10.2 Å². The average Bonchev–Trinajstić information content (AvgIpc) is 2.99. The normalized spacial score (nSPS) is 25.9. The van der Waals surface area contributed by atoms with Gasteiger partial charge in [0.1, 0.15) is 0 Å². The highest BCUT2D eigenvalue weighted by molar-refractivity contribution is 5.98. The van der Waals surface area contributed by atoms with Crippen molar-refractivity contribution in [2.24, 2.45) is 0 Å². The standard InChI is InChI=1S/C19H27N3O3/c1-13-11-21(12-14(2)25-13)15(3)19(24)20-16-6-4-7-17(10-16)22-9-5-8-18(22)23/h4,6-7,10,13-15H,5,8-9,11-12H2,1-3H3,(H,20,24)/t13-,14+,15-/m0/s1. The van der Waals surface area contributed by atoms with E-state index in [-0.39, 0.29) is 30.1 Å². The fourth-order valence-electron chi connectivity index (χ4n) is 3.62. The van der Waals surface area contributed by atoms with Crippen LogP contribution in [0.15, 0.2) is 24.3 Å². The number of nitrogens with zero attached hydrogens (tertiary/aromatic N) is 2. The summed E-state index contributed by atoms with van der Waals surface area (Å²) in [5.41, 5.74) is 1.57. The second-order valence-electron chi connectivity index (χ2n) is 7.08. The molecular weight excluding hydrogens is 318 g/mol. The first kappa shape index (κ1) is 17.9. The summed E-state index contributed by atoms with van der Waals surface area (Å²) in [5.74, 6) is 0.110. The predicted octanol–water partition coefficient (Wildman–Crippen LogP) is 2.25. The summed E-state index contributed by atoms with van der Waals surface area (Å²) < 4.78 is 5.74. The Hall–Kier alpha value is -1.92. The van der Waals surface area contributed by atoms with E-state index in [4.69, 9.17) is 4.74 Å². The van der Waals surface area contributed by atoms with E-state index in [0.29, 0.717) is 6.42 Å². The van der Waals surface area contributed by atoms with E-state index in [9.17, 15) is 9.59 Å². The Bertz CT molecular complexity index is 639. The number of hydrogen-bond donors (Lipinski definition) is 1. The molecule has 2 aliphatic heterocycles. The molecule has 1 aromatic rings. The lowest BCUT2D eigenvalue weighted by Crippen LogP contribution is -2.52. The zero-order chi connectivity index (χ0) is 18.0. The van der Waals surface area contributed by atoms with Crippen molar-refractivity contribution in [3.05, 3.63) is 24.3 Å². The first-order chi connectivity index (χ1) is 11.9. The van der Waals surface area contributed by atoms with Gasteiger partial charge < -0.3 is 15.0 Å². The van der Waals surface area contributed by atoms with Crippen molar-refractivity contribution in [1.29, 1.82) is 0 Å². The molecule has 0 aromatic heterocycles. The van der Waals surface area contributed by atoms with Crippen LogP contribution in [0.1, 0.15) is 33.6 Å². The highest BCUT2D eigenvalue weighted by Gasteiger charge is 2.29. The fraction of sp³-hybridized carbons (Fsp3) is 0.579. The summed E-state index contributed by atoms with van der Waals surface area (Å²) in [6.45, 7) is 8.24. The van der Waals surface area contributed by atoms with Crippen LogP contribution in [0, 0.1) is 0 Å². The SMILES string of the molecule is C[C@@H]1CN([C@@H](C)C(=O)Nc2cccc(N3CCCC3=O)c2)C[C@H](C)O1. The molecule has 1 aromatic carbocycles. The Labute approximate surface area is 149 Å². The number of anilines is 2. The molecular formula is C19H27N3O3. The third-order valence-electron chi connectivity index (χ3n) is 4.87. The first-order valence-electron chi connectivity index (χ1n) is 9.05. The molecule has 2 saturated heterocycles. The molecule has 2 aliphatic rings. The van der Waals surface area contributed by atoms with Crippen LogP contribution in [0.25, 0.3) is 0 Å². The number of amides is 2. The summed E-state index contributed by atoms with van der Waals surface area (Å²) in [5, 5.41) is 2.99. The van der Waals surface area contributed by atoms with E-state index >= 15 is 0 Å². The van der Waals surface area contributed by atoms with Crippen LogP contribution < -0.4 is 10.2 Å². The van der Waals surface area contributed by atoms with E-state index in [1.807, 2.05) is 45.0 Å². The maximum atomic E-state index is 12.6. The van der Waals surface area contributed by atoms with Crippen molar-refractivity contribution >= 4 is 23.2 Å². The minimum Gasteiger partial charge on any atom is -0.373 e. The lowest BCUT2D eigenvalue weighted by Gasteiger charge is -2.38. The number of nitrogens with one attached hydrogen (secondary N) is 1. The Kier molecular flexibility index (Phi) is 5.39. The van der Waals surface area contributed by atoms with Crippen LogP contribution in [0.3, 0.4) is 0 Å². The van der Waals surface area contributed by atoms with Gasteiger partial charge in [-0.05, 0) is 45.4 Å². The maximum Gasteiger partial charge on any atom is 0.241 e. The molecule has 2 amide bonds. The number of carbonyl (C=O) groups is 2. The van der Waals surface area contributed by atoms with Gasteiger partial charge in [-0.15, -0.1) is 0 Å². The fourth-order valence-corrected chi connectivity index (χ4v) is 3.62. The van der Waals surface area contributed by atoms with Gasteiger partial charge in [0, 0.05) is 37.4 Å². The lowest BCUT2D eigenvalue weighted by molar-refractivity contribution is -0.126. The number of morpholine rings is 1. The van der Waals surface area contributed by atoms with Crippen molar-refractivity contribution in [2.75, 3.05) is 29.9 Å². The molecule has 2 fully saturated rings. The number of carbonyl (C=O) groups excluding carboxylic acids is 2. The molecule has 0 aliphatic carbocycles. The van der Waals surface area contributed by atoms with Gasteiger partial charge in [0.05, 0.1) is 18.2 Å². The van der Waals surface area contributed by atoms with Crippen LogP contribution in [0.2, 0.25) is 0 Å². The third-order valence-corrected chi connectivity index (χ3v) is 4.87. The lowest BCUT2D eigenvalue weighted by atomic mass is 10.1. The minimum absolute atomic E-state index is 0.0359. The Balaban J connectivity index is 1.65. The molecule has 136 valence electrons. The van der Waals surface area contributed by atoms with Crippen LogP contribution in [0.5, 0.6) is 0 Å². The molecule has 0 spiro atoms. The van der Waals surface area contributed by atoms with Crippen molar-refractivity contribution in [3.8, 4) is 0 Å². The van der Waals surface area contributed by atoms with Gasteiger partial charge in [0.2, 0.25) is 11.8 Å². The van der Waals surface area contributed by atoms with Gasteiger partial charge >= 0.3 is 0 Å².